The summed E-state index contributed by atoms with van der Waals surface area (Å²) in [5, 5.41) is 12.8. The van der Waals surface area contributed by atoms with Crippen LogP contribution in [0.1, 0.15) is 18.1 Å². The third-order valence-corrected chi connectivity index (χ3v) is 4.31. The van der Waals surface area contributed by atoms with Gasteiger partial charge in [0.1, 0.15) is 17.5 Å². The monoisotopic (exact) mass is 324 g/mol. The highest BCUT2D eigenvalue weighted by Gasteiger charge is 2.18. The molecule has 1 aliphatic rings. The molecule has 8 heteroatoms. The van der Waals surface area contributed by atoms with Crippen molar-refractivity contribution in [2.24, 2.45) is 0 Å². The van der Waals surface area contributed by atoms with Crippen molar-refractivity contribution in [1.82, 2.24) is 29.8 Å². The fourth-order valence-corrected chi connectivity index (χ4v) is 3.05. The lowest BCUT2D eigenvalue weighted by atomic mass is 10.3. The van der Waals surface area contributed by atoms with Gasteiger partial charge in [-0.2, -0.15) is 4.52 Å². The first-order chi connectivity index (χ1) is 11.7. The predicted molar refractivity (Wildman–Crippen MR) is 91.3 cm³/mol. The van der Waals surface area contributed by atoms with Gasteiger partial charge in [-0.15, -0.1) is 15.3 Å². The van der Waals surface area contributed by atoms with E-state index in [2.05, 4.69) is 35.1 Å². The molecule has 0 bridgehead atoms. The van der Waals surface area contributed by atoms with Gasteiger partial charge in [-0.3, -0.25) is 0 Å². The Kier molecular flexibility index (Phi) is 3.72. The van der Waals surface area contributed by atoms with Crippen LogP contribution in [0.5, 0.6) is 0 Å². The molecule has 4 heterocycles. The highest BCUT2D eigenvalue weighted by Crippen LogP contribution is 2.18. The summed E-state index contributed by atoms with van der Waals surface area (Å²) in [5.41, 5.74) is 0.782. The highest BCUT2D eigenvalue weighted by atomic mass is 15.4. The van der Waals surface area contributed by atoms with Crippen LogP contribution < -0.4 is 9.80 Å². The van der Waals surface area contributed by atoms with Gasteiger partial charge in [0, 0.05) is 32.4 Å². The van der Waals surface area contributed by atoms with Crippen molar-refractivity contribution in [3.05, 3.63) is 36.0 Å². The Morgan fingerprint density at radius 2 is 1.67 bits per heavy atom. The van der Waals surface area contributed by atoms with E-state index in [-0.39, 0.29) is 0 Å². The van der Waals surface area contributed by atoms with Gasteiger partial charge >= 0.3 is 0 Å². The summed E-state index contributed by atoms with van der Waals surface area (Å²) in [7, 11) is 0. The molecule has 1 aliphatic heterocycles. The van der Waals surface area contributed by atoms with E-state index in [1.165, 1.54) is 0 Å². The molecule has 0 aromatic carbocycles. The predicted octanol–water partition coefficient (Wildman–Crippen LogP) is 1.25. The van der Waals surface area contributed by atoms with E-state index in [1.54, 1.807) is 4.52 Å². The first-order valence-corrected chi connectivity index (χ1v) is 8.19. The lowest BCUT2D eigenvalue weighted by Gasteiger charge is -2.23. The largest absolute Gasteiger partial charge is 0.355 e. The van der Waals surface area contributed by atoms with E-state index in [0.29, 0.717) is 0 Å². The molecule has 3 aromatic rings. The molecule has 0 N–H and O–H groups in total. The van der Waals surface area contributed by atoms with Crippen LogP contribution in [0.25, 0.3) is 5.65 Å². The Balaban J connectivity index is 1.54. The Bertz CT molecular complexity index is 858. The van der Waals surface area contributed by atoms with Crippen molar-refractivity contribution >= 4 is 17.3 Å². The lowest BCUT2D eigenvalue weighted by molar-refractivity contribution is 0.768. The standard InChI is InChI=1S/C16H20N8/c1-12-17-7-6-14(18-12)22-8-3-9-23(11-10-22)16-5-4-15-20-19-13(2)24(15)21-16/h4-7H,3,8-11H2,1-2H3. The molecule has 0 saturated carbocycles. The number of aromatic nitrogens is 6. The second kappa shape index (κ2) is 6.03. The van der Waals surface area contributed by atoms with Gasteiger partial charge in [-0.25, -0.2) is 9.97 Å². The average molecular weight is 324 g/mol. The van der Waals surface area contributed by atoms with Gasteiger partial charge in [0.15, 0.2) is 11.5 Å². The lowest BCUT2D eigenvalue weighted by Crippen LogP contribution is -2.32. The summed E-state index contributed by atoms with van der Waals surface area (Å²) in [6.07, 6.45) is 2.88. The molecule has 0 aliphatic carbocycles. The van der Waals surface area contributed by atoms with Crippen LogP contribution in [0.4, 0.5) is 11.6 Å². The maximum absolute atomic E-state index is 4.69. The van der Waals surface area contributed by atoms with Crippen LogP contribution in [-0.4, -0.2) is 56.0 Å². The average Bonchev–Trinajstić information content (AvgIpc) is 2.82. The van der Waals surface area contributed by atoms with Gasteiger partial charge in [0.05, 0.1) is 0 Å². The molecule has 0 radical (unpaired) electrons. The maximum Gasteiger partial charge on any atom is 0.178 e. The number of fused-ring (bicyclic) bond motifs is 1. The SMILES string of the molecule is Cc1nccc(N2CCCN(c3ccc4nnc(C)n4n3)CC2)n1. The van der Waals surface area contributed by atoms with E-state index < -0.39 is 0 Å². The number of hydrogen-bond acceptors (Lipinski definition) is 7. The minimum atomic E-state index is 0.782. The van der Waals surface area contributed by atoms with Crippen molar-refractivity contribution in [1.29, 1.82) is 0 Å². The second-order valence-electron chi connectivity index (χ2n) is 6.00. The van der Waals surface area contributed by atoms with E-state index in [0.717, 1.165) is 61.5 Å². The van der Waals surface area contributed by atoms with Crippen LogP contribution in [0.15, 0.2) is 24.4 Å². The number of nitrogens with zero attached hydrogens (tertiary/aromatic N) is 8. The third kappa shape index (κ3) is 2.75. The van der Waals surface area contributed by atoms with Crippen LogP contribution in [0.3, 0.4) is 0 Å². The van der Waals surface area contributed by atoms with Crippen LogP contribution in [-0.2, 0) is 0 Å². The van der Waals surface area contributed by atoms with Crippen LogP contribution in [0, 0.1) is 13.8 Å². The summed E-state index contributed by atoms with van der Waals surface area (Å²) in [5.74, 6) is 3.58. The van der Waals surface area contributed by atoms with Crippen molar-refractivity contribution < 1.29 is 0 Å². The third-order valence-electron chi connectivity index (χ3n) is 4.31. The molecule has 3 aromatic heterocycles. The molecule has 124 valence electrons. The molecular weight excluding hydrogens is 304 g/mol. The number of rotatable bonds is 2. The normalized spacial score (nSPS) is 15.8. The maximum atomic E-state index is 4.69. The number of anilines is 2. The Hall–Kier alpha value is -2.77. The van der Waals surface area contributed by atoms with E-state index >= 15 is 0 Å². The summed E-state index contributed by atoms with van der Waals surface area (Å²) in [4.78, 5) is 13.4. The molecule has 1 saturated heterocycles. The van der Waals surface area contributed by atoms with E-state index in [4.69, 9.17) is 0 Å². The van der Waals surface area contributed by atoms with Gasteiger partial charge in [0.25, 0.3) is 0 Å². The zero-order chi connectivity index (χ0) is 16.5. The molecule has 4 rings (SSSR count). The number of aryl methyl sites for hydroxylation is 2. The Labute approximate surface area is 140 Å². The summed E-state index contributed by atoms with van der Waals surface area (Å²) in [6, 6.07) is 5.97. The molecule has 8 nitrogen and oxygen atoms in total. The van der Waals surface area contributed by atoms with E-state index in [1.807, 2.05) is 38.2 Å². The van der Waals surface area contributed by atoms with Gasteiger partial charge in [-0.05, 0) is 38.5 Å². The first-order valence-electron chi connectivity index (χ1n) is 8.19. The van der Waals surface area contributed by atoms with Crippen LogP contribution >= 0.6 is 0 Å². The van der Waals surface area contributed by atoms with Gasteiger partial charge in [0.2, 0.25) is 0 Å². The molecule has 0 unspecified atom stereocenters. The molecule has 0 spiro atoms. The molecular formula is C16H20N8. The fourth-order valence-electron chi connectivity index (χ4n) is 3.05. The van der Waals surface area contributed by atoms with Gasteiger partial charge < -0.3 is 9.80 Å². The van der Waals surface area contributed by atoms with Crippen molar-refractivity contribution in [2.45, 2.75) is 20.3 Å². The fraction of sp³-hybridized carbons (Fsp3) is 0.438. The molecule has 0 amide bonds. The van der Waals surface area contributed by atoms with Crippen molar-refractivity contribution in [2.75, 3.05) is 36.0 Å². The first kappa shape index (κ1) is 14.8. The topological polar surface area (TPSA) is 75.3 Å². The summed E-state index contributed by atoms with van der Waals surface area (Å²) < 4.78 is 1.80. The quantitative estimate of drug-likeness (QED) is 0.702. The minimum absolute atomic E-state index is 0.782. The highest BCUT2D eigenvalue weighted by molar-refractivity contribution is 5.47. The molecule has 1 fully saturated rings. The molecule has 0 atom stereocenters. The van der Waals surface area contributed by atoms with Crippen molar-refractivity contribution in [3.8, 4) is 0 Å². The molecule has 24 heavy (non-hydrogen) atoms. The zero-order valence-electron chi connectivity index (χ0n) is 13.9. The van der Waals surface area contributed by atoms with E-state index in [9.17, 15) is 0 Å². The second-order valence-corrected chi connectivity index (χ2v) is 6.00. The zero-order valence-corrected chi connectivity index (χ0v) is 13.9. The number of hydrogen-bond donors (Lipinski definition) is 0. The van der Waals surface area contributed by atoms with Crippen molar-refractivity contribution in [3.63, 3.8) is 0 Å². The Morgan fingerprint density at radius 3 is 2.46 bits per heavy atom. The van der Waals surface area contributed by atoms with Gasteiger partial charge in [-0.1, -0.05) is 0 Å². The smallest absolute Gasteiger partial charge is 0.178 e. The van der Waals surface area contributed by atoms with Crippen LogP contribution in [0.2, 0.25) is 0 Å². The minimum Gasteiger partial charge on any atom is -0.355 e. The summed E-state index contributed by atoms with van der Waals surface area (Å²) in [6.45, 7) is 7.62. The summed E-state index contributed by atoms with van der Waals surface area (Å²) >= 11 is 0. The Morgan fingerprint density at radius 1 is 0.875 bits per heavy atom.